The van der Waals surface area contributed by atoms with Crippen LogP contribution < -0.4 is 16.2 Å². The van der Waals surface area contributed by atoms with Crippen molar-refractivity contribution < 1.29 is 27.5 Å². The molecule has 0 bridgehead atoms. The molecule has 0 fully saturated rings. The van der Waals surface area contributed by atoms with Gasteiger partial charge in [-0.05, 0) is 23.6 Å². The van der Waals surface area contributed by atoms with E-state index in [0.717, 1.165) is 0 Å². The first-order valence-electron chi connectivity index (χ1n) is 6.53. The Morgan fingerprint density at radius 3 is 2.13 bits per heavy atom. The van der Waals surface area contributed by atoms with E-state index in [4.69, 9.17) is 16.2 Å². The zero-order chi connectivity index (χ0) is 18.0. The van der Waals surface area contributed by atoms with Crippen molar-refractivity contribution in [1.29, 1.82) is 0 Å². The number of hydrogen-bond acceptors (Lipinski definition) is 4. The zero-order valence-electron chi connectivity index (χ0n) is 12.8. The standard InChI is InChI=1S/C15H17F3N2O3/c1-14(2,3)9-6-8(4-5-11(9)23-13(20)22)10(21)7-12(19)15(16,17)18/h4-7H,19H2,1-3H3,(H2,20,22)/b12-7-. The van der Waals surface area contributed by atoms with Crippen LogP contribution >= 0.6 is 0 Å². The second-order valence-electron chi connectivity index (χ2n) is 5.84. The summed E-state index contributed by atoms with van der Waals surface area (Å²) in [4.78, 5) is 22.8. The summed E-state index contributed by atoms with van der Waals surface area (Å²) in [7, 11) is 0. The van der Waals surface area contributed by atoms with Crippen LogP contribution in [0.25, 0.3) is 0 Å². The molecule has 5 nitrogen and oxygen atoms in total. The Morgan fingerprint density at radius 2 is 1.70 bits per heavy atom. The van der Waals surface area contributed by atoms with Crippen molar-refractivity contribution in [3.8, 4) is 5.75 Å². The number of alkyl halides is 3. The molecule has 0 unspecified atom stereocenters. The van der Waals surface area contributed by atoms with Gasteiger partial charge < -0.3 is 16.2 Å². The minimum Gasteiger partial charge on any atom is -0.410 e. The average Bonchev–Trinajstić information content (AvgIpc) is 2.35. The van der Waals surface area contributed by atoms with Gasteiger partial charge in [-0.25, -0.2) is 4.79 Å². The molecule has 0 radical (unpaired) electrons. The molecule has 0 heterocycles. The first-order valence-corrected chi connectivity index (χ1v) is 6.53. The predicted molar refractivity (Wildman–Crippen MR) is 78.0 cm³/mol. The van der Waals surface area contributed by atoms with E-state index in [1.165, 1.54) is 18.2 Å². The third-order valence-corrected chi connectivity index (χ3v) is 2.90. The van der Waals surface area contributed by atoms with Crippen LogP contribution in [0.1, 0.15) is 36.7 Å². The van der Waals surface area contributed by atoms with E-state index in [-0.39, 0.29) is 11.3 Å². The molecule has 0 spiro atoms. The first kappa shape index (κ1) is 18.5. The van der Waals surface area contributed by atoms with Crippen LogP contribution in [0.4, 0.5) is 18.0 Å². The Labute approximate surface area is 131 Å². The number of primary amides is 1. The number of hydrogen-bond donors (Lipinski definition) is 2. The number of halogens is 3. The summed E-state index contributed by atoms with van der Waals surface area (Å²) in [5.74, 6) is -0.773. The van der Waals surface area contributed by atoms with Crippen molar-refractivity contribution in [2.75, 3.05) is 0 Å². The minimum absolute atomic E-state index is 0.0149. The third kappa shape index (κ3) is 5.01. The maximum absolute atomic E-state index is 12.4. The number of benzene rings is 1. The monoisotopic (exact) mass is 330 g/mol. The second-order valence-corrected chi connectivity index (χ2v) is 5.84. The van der Waals surface area contributed by atoms with Gasteiger partial charge in [-0.15, -0.1) is 0 Å². The number of ether oxygens (including phenoxy) is 1. The third-order valence-electron chi connectivity index (χ3n) is 2.90. The number of carbonyl (C=O) groups is 2. The van der Waals surface area contributed by atoms with Gasteiger partial charge in [0.15, 0.2) is 5.78 Å². The molecule has 1 aromatic carbocycles. The number of nitrogens with two attached hydrogens (primary N) is 2. The van der Waals surface area contributed by atoms with Crippen molar-refractivity contribution >= 4 is 11.9 Å². The van der Waals surface area contributed by atoms with E-state index >= 15 is 0 Å². The van der Waals surface area contributed by atoms with Gasteiger partial charge in [-0.2, -0.15) is 13.2 Å². The summed E-state index contributed by atoms with van der Waals surface area (Å²) in [6.45, 7) is 5.35. The van der Waals surface area contributed by atoms with Crippen LogP contribution in [0.15, 0.2) is 30.0 Å². The van der Waals surface area contributed by atoms with Crippen LogP contribution in [-0.2, 0) is 5.41 Å². The smallest absolute Gasteiger partial charge is 0.410 e. The highest BCUT2D eigenvalue weighted by molar-refractivity contribution is 6.05. The molecule has 126 valence electrons. The largest absolute Gasteiger partial charge is 0.430 e. The molecule has 23 heavy (non-hydrogen) atoms. The fourth-order valence-corrected chi connectivity index (χ4v) is 1.77. The van der Waals surface area contributed by atoms with Crippen molar-refractivity contribution in [1.82, 2.24) is 0 Å². The normalized spacial score (nSPS) is 12.9. The summed E-state index contributed by atoms with van der Waals surface area (Å²) >= 11 is 0. The van der Waals surface area contributed by atoms with E-state index < -0.39 is 29.2 Å². The van der Waals surface area contributed by atoms with Crippen LogP contribution in [-0.4, -0.2) is 18.1 Å². The molecule has 0 aliphatic heterocycles. The van der Waals surface area contributed by atoms with E-state index in [2.05, 4.69) is 0 Å². The summed E-state index contributed by atoms with van der Waals surface area (Å²) in [5, 5.41) is 0. The maximum atomic E-state index is 12.4. The highest BCUT2D eigenvalue weighted by Crippen LogP contribution is 2.32. The van der Waals surface area contributed by atoms with Crippen LogP contribution in [0.2, 0.25) is 0 Å². The Hall–Kier alpha value is -2.51. The van der Waals surface area contributed by atoms with E-state index in [0.29, 0.717) is 11.6 Å². The summed E-state index contributed by atoms with van der Waals surface area (Å²) in [5.41, 5.74) is 8.21. The highest BCUT2D eigenvalue weighted by atomic mass is 19.4. The van der Waals surface area contributed by atoms with Gasteiger partial charge in [0.1, 0.15) is 11.4 Å². The maximum Gasteiger partial charge on any atom is 0.430 e. The van der Waals surface area contributed by atoms with Gasteiger partial charge in [0.25, 0.3) is 0 Å². The summed E-state index contributed by atoms with van der Waals surface area (Å²) < 4.78 is 42.0. The Bertz CT molecular complexity index is 659. The Kier molecular flexibility index (Phi) is 5.09. The lowest BCUT2D eigenvalue weighted by atomic mass is 9.85. The second kappa shape index (κ2) is 6.31. The summed E-state index contributed by atoms with van der Waals surface area (Å²) in [6.07, 6.45) is -5.50. The average molecular weight is 330 g/mol. The molecule has 8 heteroatoms. The Morgan fingerprint density at radius 1 is 1.13 bits per heavy atom. The SMILES string of the molecule is CC(C)(C)c1cc(C(=O)/C=C(\N)C(F)(F)F)ccc1OC(N)=O. The fraction of sp³-hybridized carbons (Fsp3) is 0.333. The molecule has 0 saturated heterocycles. The molecular formula is C15H17F3N2O3. The molecule has 0 atom stereocenters. The van der Waals surface area contributed by atoms with Crippen LogP contribution in [0.5, 0.6) is 5.75 Å². The van der Waals surface area contributed by atoms with Gasteiger partial charge in [-0.1, -0.05) is 20.8 Å². The predicted octanol–water partition coefficient (Wildman–Crippen LogP) is 3.03. The van der Waals surface area contributed by atoms with Crippen molar-refractivity contribution in [3.05, 3.63) is 41.1 Å². The van der Waals surface area contributed by atoms with Gasteiger partial charge in [-0.3, -0.25) is 4.79 Å². The van der Waals surface area contributed by atoms with Crippen LogP contribution in [0, 0.1) is 0 Å². The number of rotatable bonds is 3. The lowest BCUT2D eigenvalue weighted by molar-refractivity contribution is -0.0927. The first-order chi connectivity index (χ1) is 10.3. The molecule has 0 aliphatic carbocycles. The molecule has 1 amide bonds. The highest BCUT2D eigenvalue weighted by Gasteiger charge is 2.32. The van der Waals surface area contributed by atoms with Gasteiger partial charge in [0.05, 0.1) is 0 Å². The van der Waals surface area contributed by atoms with E-state index in [1.54, 1.807) is 20.8 Å². The molecular weight excluding hydrogens is 313 g/mol. The Balaban J connectivity index is 3.30. The quantitative estimate of drug-likeness (QED) is 0.658. The van der Waals surface area contributed by atoms with Gasteiger partial charge in [0, 0.05) is 17.2 Å². The molecule has 0 aliphatic rings. The van der Waals surface area contributed by atoms with Crippen molar-refractivity contribution in [2.24, 2.45) is 11.5 Å². The molecule has 0 saturated carbocycles. The topological polar surface area (TPSA) is 95.4 Å². The number of amides is 1. The molecule has 1 rings (SSSR count). The summed E-state index contributed by atoms with van der Waals surface area (Å²) in [6, 6.07) is 3.88. The van der Waals surface area contributed by atoms with E-state index in [1.807, 2.05) is 0 Å². The van der Waals surface area contributed by atoms with Crippen molar-refractivity contribution in [2.45, 2.75) is 32.4 Å². The zero-order valence-corrected chi connectivity index (χ0v) is 12.8. The van der Waals surface area contributed by atoms with Gasteiger partial charge >= 0.3 is 12.3 Å². The lowest BCUT2D eigenvalue weighted by Gasteiger charge is -2.22. The van der Waals surface area contributed by atoms with Crippen LogP contribution in [0.3, 0.4) is 0 Å². The number of carbonyl (C=O) groups excluding carboxylic acids is 2. The fourth-order valence-electron chi connectivity index (χ4n) is 1.77. The van der Waals surface area contributed by atoms with Gasteiger partial charge in [0.2, 0.25) is 0 Å². The minimum atomic E-state index is -4.78. The molecule has 0 aromatic heterocycles. The lowest BCUT2D eigenvalue weighted by Crippen LogP contribution is -2.22. The number of allylic oxidation sites excluding steroid dienone is 2. The van der Waals surface area contributed by atoms with E-state index in [9.17, 15) is 22.8 Å². The number of ketones is 1. The molecule has 1 aromatic rings. The van der Waals surface area contributed by atoms with Crippen molar-refractivity contribution in [3.63, 3.8) is 0 Å². The molecule has 4 N–H and O–H groups in total.